The quantitative estimate of drug-likeness (QED) is 0.904. The van der Waals surface area contributed by atoms with Gasteiger partial charge in [0.15, 0.2) is 0 Å². The summed E-state index contributed by atoms with van der Waals surface area (Å²) < 4.78 is 5.72. The molecule has 1 aromatic carbocycles. The van der Waals surface area contributed by atoms with Gasteiger partial charge in [0.25, 0.3) is 0 Å². The third-order valence-electron chi connectivity index (χ3n) is 3.42. The zero-order valence-corrected chi connectivity index (χ0v) is 11.6. The molecule has 0 radical (unpaired) electrons. The van der Waals surface area contributed by atoms with Gasteiger partial charge in [-0.15, -0.1) is 0 Å². The normalized spacial score (nSPS) is 17.4. The first-order valence-electron chi connectivity index (χ1n) is 7.01. The van der Waals surface area contributed by atoms with Crippen molar-refractivity contribution in [1.82, 2.24) is 10.3 Å². The van der Waals surface area contributed by atoms with Crippen molar-refractivity contribution in [2.75, 3.05) is 18.4 Å². The molecule has 0 aliphatic carbocycles. The molecular weight excluding hydrogens is 266 g/mol. The highest BCUT2D eigenvalue weighted by Gasteiger charge is 2.22. The summed E-state index contributed by atoms with van der Waals surface area (Å²) in [5, 5.41) is 6.13. The standard InChI is InChI=1S/C16H17N3O2/c20-16(12-4-7-18-11-12)19-13-2-1-3-15(10-13)21-14-5-8-17-9-6-14/h1-3,5-6,8-10,12,18H,4,7,11H2,(H,19,20)/t12-/m1/s1. The summed E-state index contributed by atoms with van der Waals surface area (Å²) in [6.45, 7) is 1.66. The van der Waals surface area contributed by atoms with Gasteiger partial charge in [-0.2, -0.15) is 0 Å². The van der Waals surface area contributed by atoms with Gasteiger partial charge < -0.3 is 15.4 Å². The SMILES string of the molecule is O=C(Nc1cccc(Oc2ccncc2)c1)[C@@H]1CCNC1. The number of nitrogens with zero attached hydrogens (tertiary/aromatic N) is 1. The number of rotatable bonds is 4. The van der Waals surface area contributed by atoms with E-state index in [-0.39, 0.29) is 11.8 Å². The van der Waals surface area contributed by atoms with E-state index in [1.54, 1.807) is 24.5 Å². The highest BCUT2D eigenvalue weighted by Crippen LogP contribution is 2.24. The van der Waals surface area contributed by atoms with E-state index in [0.717, 1.165) is 25.2 Å². The molecule has 21 heavy (non-hydrogen) atoms. The van der Waals surface area contributed by atoms with Crippen LogP contribution in [0.4, 0.5) is 5.69 Å². The first-order valence-corrected chi connectivity index (χ1v) is 7.01. The lowest BCUT2D eigenvalue weighted by Crippen LogP contribution is -2.24. The van der Waals surface area contributed by atoms with Crippen LogP contribution in [0.3, 0.4) is 0 Å². The van der Waals surface area contributed by atoms with Gasteiger partial charge in [-0.1, -0.05) is 6.07 Å². The van der Waals surface area contributed by atoms with E-state index in [0.29, 0.717) is 11.5 Å². The number of benzene rings is 1. The summed E-state index contributed by atoms with van der Waals surface area (Å²) in [4.78, 5) is 16.0. The van der Waals surface area contributed by atoms with E-state index in [1.165, 1.54) is 0 Å². The molecule has 1 saturated heterocycles. The van der Waals surface area contributed by atoms with E-state index in [2.05, 4.69) is 15.6 Å². The van der Waals surface area contributed by atoms with Crippen LogP contribution in [-0.4, -0.2) is 24.0 Å². The van der Waals surface area contributed by atoms with Crippen LogP contribution in [0.2, 0.25) is 0 Å². The Hall–Kier alpha value is -2.40. The number of carbonyl (C=O) groups excluding carboxylic acids is 1. The monoisotopic (exact) mass is 283 g/mol. The molecule has 3 rings (SSSR count). The summed E-state index contributed by atoms with van der Waals surface area (Å²) in [7, 11) is 0. The van der Waals surface area contributed by atoms with E-state index >= 15 is 0 Å². The molecule has 5 nitrogen and oxygen atoms in total. The third-order valence-corrected chi connectivity index (χ3v) is 3.42. The summed E-state index contributed by atoms with van der Waals surface area (Å²) >= 11 is 0. The molecule has 1 amide bonds. The third kappa shape index (κ3) is 3.58. The van der Waals surface area contributed by atoms with Crippen LogP contribution in [0.1, 0.15) is 6.42 Å². The Labute approximate surface area is 123 Å². The van der Waals surface area contributed by atoms with Gasteiger partial charge in [-0.3, -0.25) is 9.78 Å². The maximum Gasteiger partial charge on any atom is 0.228 e. The van der Waals surface area contributed by atoms with Gasteiger partial charge in [-0.05, 0) is 37.2 Å². The minimum atomic E-state index is 0.0507. The molecular formula is C16H17N3O2. The predicted molar refractivity (Wildman–Crippen MR) is 80.4 cm³/mol. The van der Waals surface area contributed by atoms with Gasteiger partial charge in [0.1, 0.15) is 11.5 Å². The van der Waals surface area contributed by atoms with Crippen LogP contribution in [0.25, 0.3) is 0 Å². The van der Waals surface area contributed by atoms with Gasteiger partial charge in [-0.25, -0.2) is 0 Å². The second kappa shape index (κ2) is 6.37. The predicted octanol–water partition coefficient (Wildman–Crippen LogP) is 2.42. The molecule has 0 saturated carbocycles. The molecule has 5 heteroatoms. The summed E-state index contributed by atoms with van der Waals surface area (Å²) in [5.41, 5.74) is 0.749. The van der Waals surface area contributed by atoms with Crippen LogP contribution in [-0.2, 0) is 4.79 Å². The molecule has 2 N–H and O–H groups in total. The van der Waals surface area contributed by atoms with Crippen LogP contribution >= 0.6 is 0 Å². The smallest absolute Gasteiger partial charge is 0.228 e. The molecule has 1 aliphatic rings. The number of hydrogen-bond donors (Lipinski definition) is 2. The van der Waals surface area contributed by atoms with Crippen LogP contribution in [0, 0.1) is 5.92 Å². The Morgan fingerprint density at radius 3 is 2.86 bits per heavy atom. The molecule has 0 bridgehead atoms. The van der Waals surface area contributed by atoms with E-state index in [9.17, 15) is 4.79 Å². The zero-order chi connectivity index (χ0) is 14.5. The number of hydrogen-bond acceptors (Lipinski definition) is 4. The minimum absolute atomic E-state index is 0.0507. The lowest BCUT2D eigenvalue weighted by Gasteiger charge is -2.11. The van der Waals surface area contributed by atoms with Crippen molar-refractivity contribution in [2.45, 2.75) is 6.42 Å². The maximum atomic E-state index is 12.1. The molecule has 1 aliphatic heterocycles. The van der Waals surface area contributed by atoms with E-state index < -0.39 is 0 Å². The van der Waals surface area contributed by atoms with Crippen LogP contribution < -0.4 is 15.4 Å². The number of pyridine rings is 1. The molecule has 2 aromatic rings. The average Bonchev–Trinajstić information content (AvgIpc) is 3.03. The number of ether oxygens (including phenoxy) is 1. The van der Waals surface area contributed by atoms with E-state index in [4.69, 9.17) is 4.74 Å². The first-order chi connectivity index (χ1) is 10.3. The highest BCUT2D eigenvalue weighted by atomic mass is 16.5. The minimum Gasteiger partial charge on any atom is -0.457 e. The molecule has 0 spiro atoms. The zero-order valence-electron chi connectivity index (χ0n) is 11.6. The van der Waals surface area contributed by atoms with E-state index in [1.807, 2.05) is 24.3 Å². The Bertz CT molecular complexity index is 610. The number of carbonyl (C=O) groups is 1. The number of amides is 1. The maximum absolute atomic E-state index is 12.1. The van der Waals surface area contributed by atoms with Gasteiger partial charge in [0.2, 0.25) is 5.91 Å². The topological polar surface area (TPSA) is 63.2 Å². The second-order valence-corrected chi connectivity index (χ2v) is 4.99. The Morgan fingerprint density at radius 2 is 2.10 bits per heavy atom. The summed E-state index contributed by atoms with van der Waals surface area (Å²) in [5.74, 6) is 1.51. The Balaban J connectivity index is 1.66. The molecule has 0 unspecified atom stereocenters. The molecule has 1 atom stereocenters. The van der Waals surface area contributed by atoms with Crippen LogP contribution in [0.5, 0.6) is 11.5 Å². The van der Waals surface area contributed by atoms with Crippen molar-refractivity contribution in [2.24, 2.45) is 5.92 Å². The number of anilines is 1. The number of nitrogens with one attached hydrogen (secondary N) is 2. The first kappa shape index (κ1) is 13.6. The Kier molecular flexibility index (Phi) is 4.12. The van der Waals surface area contributed by atoms with Crippen molar-refractivity contribution >= 4 is 11.6 Å². The number of aromatic nitrogens is 1. The van der Waals surface area contributed by atoms with Crippen molar-refractivity contribution in [3.8, 4) is 11.5 Å². The molecule has 2 heterocycles. The largest absolute Gasteiger partial charge is 0.457 e. The van der Waals surface area contributed by atoms with Crippen molar-refractivity contribution < 1.29 is 9.53 Å². The highest BCUT2D eigenvalue weighted by molar-refractivity contribution is 5.93. The van der Waals surface area contributed by atoms with Crippen molar-refractivity contribution in [1.29, 1.82) is 0 Å². The lowest BCUT2D eigenvalue weighted by molar-refractivity contribution is -0.119. The average molecular weight is 283 g/mol. The fourth-order valence-corrected chi connectivity index (χ4v) is 2.30. The molecule has 1 aromatic heterocycles. The van der Waals surface area contributed by atoms with Gasteiger partial charge in [0.05, 0.1) is 5.92 Å². The molecule has 108 valence electrons. The van der Waals surface area contributed by atoms with Gasteiger partial charge in [0, 0.05) is 30.7 Å². The van der Waals surface area contributed by atoms with Crippen molar-refractivity contribution in [3.05, 3.63) is 48.8 Å². The second-order valence-electron chi connectivity index (χ2n) is 4.99. The fraction of sp³-hybridized carbons (Fsp3) is 0.250. The van der Waals surface area contributed by atoms with Crippen molar-refractivity contribution in [3.63, 3.8) is 0 Å². The lowest BCUT2D eigenvalue weighted by atomic mass is 10.1. The summed E-state index contributed by atoms with van der Waals surface area (Å²) in [6.07, 6.45) is 4.24. The summed E-state index contributed by atoms with van der Waals surface area (Å²) in [6, 6.07) is 11.0. The fourth-order valence-electron chi connectivity index (χ4n) is 2.30. The Morgan fingerprint density at radius 1 is 1.24 bits per heavy atom. The van der Waals surface area contributed by atoms with Crippen LogP contribution in [0.15, 0.2) is 48.8 Å². The molecule has 1 fully saturated rings. The van der Waals surface area contributed by atoms with Gasteiger partial charge >= 0.3 is 0 Å².